The maximum atomic E-state index is 12.4. The molecule has 27 heavy (non-hydrogen) atoms. The molecule has 0 aromatic heterocycles. The van der Waals surface area contributed by atoms with E-state index in [-0.39, 0.29) is 16.6 Å². The third kappa shape index (κ3) is 4.78. The number of ketones is 1. The molecule has 6 atom stereocenters. The zero-order chi connectivity index (χ0) is 20.6. The molecule has 0 saturated heterocycles. The fourth-order valence-electron chi connectivity index (χ4n) is 5.22. The summed E-state index contributed by atoms with van der Waals surface area (Å²) < 4.78 is 6.58. The standard InChI is InChI=1S/C24H44O2Si/c1-17(19(3)26-27(8,9)23(4,5)6)12-13-18(2)20-14-15-21-22(25)11-10-16-24(20,21)7/h12-13,17-21H,10-11,14-16H2,1-9H3/b13-12+/t17-,18+,19+,20+,21-,24+/m0/s1. The van der Waals surface area contributed by atoms with Gasteiger partial charge in [0, 0.05) is 18.4 Å². The van der Waals surface area contributed by atoms with Gasteiger partial charge in [0.2, 0.25) is 0 Å². The second kappa shape index (κ2) is 8.14. The van der Waals surface area contributed by atoms with Crippen LogP contribution in [0.4, 0.5) is 0 Å². The number of allylic oxidation sites excluding steroid dienone is 1. The first-order chi connectivity index (χ1) is 12.3. The van der Waals surface area contributed by atoms with Crippen molar-refractivity contribution in [3.8, 4) is 0 Å². The highest BCUT2D eigenvalue weighted by atomic mass is 28.4. The van der Waals surface area contributed by atoms with E-state index in [4.69, 9.17) is 4.43 Å². The summed E-state index contributed by atoms with van der Waals surface area (Å²) in [5, 5.41) is 0.249. The molecular formula is C24H44O2Si. The SMILES string of the molecule is C[C@H](/C=C/[C@H](C)[C@@H](C)O[Si](C)(C)C(C)(C)C)[C@H]1CC[C@H]2C(=O)CCC[C@]12C. The van der Waals surface area contributed by atoms with Crippen LogP contribution in [0.3, 0.4) is 0 Å². The predicted octanol–water partition coefficient (Wildman–Crippen LogP) is 7.01. The Balaban J connectivity index is 1.99. The van der Waals surface area contributed by atoms with Crippen LogP contribution in [0, 0.1) is 29.1 Å². The molecule has 0 aromatic carbocycles. The van der Waals surface area contributed by atoms with Crippen LogP contribution in [0.5, 0.6) is 0 Å². The normalized spacial score (nSPS) is 33.1. The Morgan fingerprint density at radius 2 is 1.78 bits per heavy atom. The lowest BCUT2D eigenvalue weighted by atomic mass is 9.62. The lowest BCUT2D eigenvalue weighted by Crippen LogP contribution is -2.44. The van der Waals surface area contributed by atoms with Crippen LogP contribution in [-0.4, -0.2) is 20.2 Å². The third-order valence-electron chi connectivity index (χ3n) is 8.32. The highest BCUT2D eigenvalue weighted by molar-refractivity contribution is 6.74. The third-order valence-corrected chi connectivity index (χ3v) is 12.9. The summed E-state index contributed by atoms with van der Waals surface area (Å²) in [5.74, 6) is 2.46. The number of hydrogen-bond donors (Lipinski definition) is 0. The van der Waals surface area contributed by atoms with Crippen molar-refractivity contribution in [2.75, 3.05) is 0 Å². The molecule has 0 amide bonds. The van der Waals surface area contributed by atoms with Gasteiger partial charge in [-0.15, -0.1) is 0 Å². The van der Waals surface area contributed by atoms with Crippen molar-refractivity contribution in [1.82, 2.24) is 0 Å². The van der Waals surface area contributed by atoms with E-state index in [0.717, 1.165) is 19.3 Å². The number of carbonyl (C=O) groups excluding carboxylic acids is 1. The summed E-state index contributed by atoms with van der Waals surface area (Å²) in [6, 6.07) is 0. The Bertz CT molecular complexity index is 559. The van der Waals surface area contributed by atoms with Crippen LogP contribution in [-0.2, 0) is 9.22 Å². The summed E-state index contributed by atoms with van der Waals surface area (Å²) in [5.41, 5.74) is 0.228. The molecule has 156 valence electrons. The Morgan fingerprint density at radius 1 is 1.15 bits per heavy atom. The van der Waals surface area contributed by atoms with Crippen molar-refractivity contribution >= 4 is 14.1 Å². The molecular weight excluding hydrogens is 348 g/mol. The molecule has 0 N–H and O–H groups in total. The van der Waals surface area contributed by atoms with Crippen molar-refractivity contribution < 1.29 is 9.22 Å². The van der Waals surface area contributed by atoms with Gasteiger partial charge in [-0.1, -0.05) is 53.7 Å². The van der Waals surface area contributed by atoms with E-state index in [1.165, 1.54) is 12.8 Å². The molecule has 2 saturated carbocycles. The van der Waals surface area contributed by atoms with Crippen molar-refractivity contribution in [1.29, 1.82) is 0 Å². The molecule has 3 heteroatoms. The van der Waals surface area contributed by atoms with Gasteiger partial charge in [-0.05, 0) is 73.9 Å². The number of carbonyl (C=O) groups is 1. The van der Waals surface area contributed by atoms with Gasteiger partial charge in [-0.2, -0.15) is 0 Å². The average molecular weight is 393 g/mol. The molecule has 2 rings (SSSR count). The van der Waals surface area contributed by atoms with E-state index >= 15 is 0 Å². The first-order valence-corrected chi connectivity index (χ1v) is 14.1. The first-order valence-electron chi connectivity index (χ1n) is 11.2. The predicted molar refractivity (Wildman–Crippen MR) is 118 cm³/mol. The smallest absolute Gasteiger partial charge is 0.192 e. The topological polar surface area (TPSA) is 26.3 Å². The maximum absolute atomic E-state index is 12.4. The van der Waals surface area contributed by atoms with Crippen LogP contribution in [0.15, 0.2) is 12.2 Å². The van der Waals surface area contributed by atoms with Crippen LogP contribution >= 0.6 is 0 Å². The van der Waals surface area contributed by atoms with Gasteiger partial charge in [0.15, 0.2) is 8.32 Å². The highest BCUT2D eigenvalue weighted by Crippen LogP contribution is 2.56. The van der Waals surface area contributed by atoms with Crippen LogP contribution in [0.2, 0.25) is 18.1 Å². The zero-order valence-corrected chi connectivity index (χ0v) is 20.4. The highest BCUT2D eigenvalue weighted by Gasteiger charge is 2.52. The van der Waals surface area contributed by atoms with Crippen molar-refractivity contribution in [3.63, 3.8) is 0 Å². The van der Waals surface area contributed by atoms with Gasteiger partial charge >= 0.3 is 0 Å². The second-order valence-corrected chi connectivity index (χ2v) is 16.0. The van der Waals surface area contributed by atoms with E-state index in [0.29, 0.717) is 29.5 Å². The quantitative estimate of drug-likeness (QED) is 0.359. The van der Waals surface area contributed by atoms with Gasteiger partial charge in [-0.3, -0.25) is 4.79 Å². The summed E-state index contributed by atoms with van der Waals surface area (Å²) in [6.07, 6.45) is 10.5. The second-order valence-electron chi connectivity index (χ2n) is 11.2. The minimum Gasteiger partial charge on any atom is -0.414 e. The average Bonchev–Trinajstić information content (AvgIpc) is 2.89. The fourth-order valence-corrected chi connectivity index (χ4v) is 6.72. The van der Waals surface area contributed by atoms with E-state index in [1.807, 2.05) is 0 Å². The van der Waals surface area contributed by atoms with Gasteiger partial charge in [0.1, 0.15) is 5.78 Å². The Labute approximate surface area is 169 Å². The molecule has 0 spiro atoms. The number of Topliss-reactive ketones (excluding diaryl/α,β-unsaturated/α-hetero) is 1. The fraction of sp³-hybridized carbons (Fsp3) is 0.875. The van der Waals surface area contributed by atoms with Gasteiger partial charge in [-0.25, -0.2) is 0 Å². The van der Waals surface area contributed by atoms with Crippen molar-refractivity contribution in [3.05, 3.63) is 12.2 Å². The van der Waals surface area contributed by atoms with Gasteiger partial charge in [0.05, 0.1) is 0 Å². The van der Waals surface area contributed by atoms with E-state index < -0.39 is 8.32 Å². The number of rotatable bonds is 6. The molecule has 2 fully saturated rings. The van der Waals surface area contributed by atoms with E-state index in [2.05, 4.69) is 73.7 Å². The number of fused-ring (bicyclic) bond motifs is 1. The lowest BCUT2D eigenvalue weighted by molar-refractivity contribution is -0.129. The minimum absolute atomic E-state index is 0.228. The molecule has 0 heterocycles. The van der Waals surface area contributed by atoms with Crippen molar-refractivity contribution in [2.45, 2.75) is 105 Å². The Hall–Kier alpha value is -0.413. The molecule has 0 unspecified atom stereocenters. The Morgan fingerprint density at radius 3 is 2.37 bits per heavy atom. The molecule has 2 aliphatic rings. The zero-order valence-electron chi connectivity index (χ0n) is 19.4. The monoisotopic (exact) mass is 392 g/mol. The van der Waals surface area contributed by atoms with Crippen LogP contribution in [0.25, 0.3) is 0 Å². The summed E-state index contributed by atoms with van der Waals surface area (Å²) in [7, 11) is -1.73. The van der Waals surface area contributed by atoms with Crippen LogP contribution in [0.1, 0.15) is 80.6 Å². The molecule has 0 radical (unpaired) electrons. The van der Waals surface area contributed by atoms with Gasteiger partial charge in [0.25, 0.3) is 0 Å². The summed E-state index contributed by atoms with van der Waals surface area (Å²) in [6.45, 7) is 20.8. The Kier molecular flexibility index (Phi) is 6.90. The summed E-state index contributed by atoms with van der Waals surface area (Å²) >= 11 is 0. The number of hydrogen-bond acceptors (Lipinski definition) is 2. The van der Waals surface area contributed by atoms with Crippen molar-refractivity contribution in [2.24, 2.45) is 29.1 Å². The van der Waals surface area contributed by atoms with Gasteiger partial charge < -0.3 is 4.43 Å². The van der Waals surface area contributed by atoms with E-state index in [1.54, 1.807) is 0 Å². The van der Waals surface area contributed by atoms with E-state index in [9.17, 15) is 4.79 Å². The van der Waals surface area contributed by atoms with Crippen LogP contribution < -0.4 is 0 Å². The summed E-state index contributed by atoms with van der Waals surface area (Å²) in [4.78, 5) is 12.4. The largest absolute Gasteiger partial charge is 0.414 e. The minimum atomic E-state index is -1.73. The molecule has 0 aliphatic heterocycles. The lowest BCUT2D eigenvalue weighted by Gasteiger charge is -2.42. The molecule has 2 aliphatic carbocycles. The molecule has 2 nitrogen and oxygen atoms in total. The first kappa shape index (κ1) is 22.9. The maximum Gasteiger partial charge on any atom is 0.192 e. The molecule has 0 aromatic rings. The molecule has 0 bridgehead atoms.